The second kappa shape index (κ2) is 4.90. The highest BCUT2D eigenvalue weighted by Crippen LogP contribution is 2.18. The van der Waals surface area contributed by atoms with Gasteiger partial charge in [0.1, 0.15) is 11.6 Å². The highest BCUT2D eigenvalue weighted by atomic mass is 19.1. The Balaban J connectivity index is 1.98. The summed E-state index contributed by atoms with van der Waals surface area (Å²) in [5.41, 5.74) is 6.40. The molecule has 4 heteroatoms. The normalized spacial score (nSPS) is 12.6. The first-order chi connectivity index (χ1) is 7.77. The van der Waals surface area contributed by atoms with E-state index in [-0.39, 0.29) is 11.9 Å². The summed E-state index contributed by atoms with van der Waals surface area (Å²) in [5.74, 6) is 0.513. The first-order valence-corrected chi connectivity index (χ1v) is 5.15. The first kappa shape index (κ1) is 10.8. The van der Waals surface area contributed by atoms with Crippen molar-refractivity contribution < 1.29 is 8.81 Å². The van der Waals surface area contributed by atoms with Crippen molar-refractivity contribution in [1.82, 2.24) is 4.98 Å². The van der Waals surface area contributed by atoms with Gasteiger partial charge in [0.2, 0.25) is 0 Å². The van der Waals surface area contributed by atoms with Crippen LogP contribution in [0.2, 0.25) is 0 Å². The van der Waals surface area contributed by atoms with Crippen LogP contribution in [-0.2, 0) is 6.42 Å². The molecule has 0 aliphatic carbocycles. The average Bonchev–Trinajstić information content (AvgIpc) is 2.79. The average molecular weight is 220 g/mol. The van der Waals surface area contributed by atoms with Crippen molar-refractivity contribution in [3.8, 4) is 0 Å². The number of halogens is 1. The van der Waals surface area contributed by atoms with Gasteiger partial charge < -0.3 is 10.2 Å². The number of aromatic nitrogens is 1. The Morgan fingerprint density at radius 2 is 2.31 bits per heavy atom. The molecule has 2 heterocycles. The van der Waals surface area contributed by atoms with Gasteiger partial charge in [-0.15, -0.1) is 0 Å². The van der Waals surface area contributed by atoms with E-state index in [0.717, 1.165) is 5.76 Å². The Morgan fingerprint density at radius 1 is 1.44 bits per heavy atom. The standard InChI is InChI=1S/C12H13FN2O/c13-11-8-15-6-5-10(11)12(14)4-3-9-2-1-7-16-9/h1-2,5-8,12H,3-4,14H2. The summed E-state index contributed by atoms with van der Waals surface area (Å²) in [6.45, 7) is 0. The Morgan fingerprint density at radius 3 is 3.00 bits per heavy atom. The molecular formula is C12H13FN2O. The van der Waals surface area contributed by atoms with Gasteiger partial charge >= 0.3 is 0 Å². The second-order valence-corrected chi connectivity index (χ2v) is 3.62. The van der Waals surface area contributed by atoms with Crippen molar-refractivity contribution in [2.45, 2.75) is 18.9 Å². The fourth-order valence-corrected chi connectivity index (χ4v) is 1.59. The Kier molecular flexibility index (Phi) is 3.31. The van der Waals surface area contributed by atoms with E-state index >= 15 is 0 Å². The summed E-state index contributed by atoms with van der Waals surface area (Å²) in [6, 6.07) is 5.00. The van der Waals surface area contributed by atoms with Crippen molar-refractivity contribution in [3.63, 3.8) is 0 Å². The summed E-state index contributed by atoms with van der Waals surface area (Å²) in [7, 11) is 0. The molecule has 2 aromatic heterocycles. The van der Waals surface area contributed by atoms with Crippen LogP contribution in [0.3, 0.4) is 0 Å². The zero-order valence-electron chi connectivity index (χ0n) is 8.77. The van der Waals surface area contributed by atoms with E-state index in [1.807, 2.05) is 12.1 Å². The van der Waals surface area contributed by atoms with Crippen LogP contribution in [0.5, 0.6) is 0 Å². The van der Waals surface area contributed by atoms with Crippen LogP contribution in [0.15, 0.2) is 41.3 Å². The zero-order chi connectivity index (χ0) is 11.4. The van der Waals surface area contributed by atoms with Crippen LogP contribution in [0.4, 0.5) is 4.39 Å². The largest absolute Gasteiger partial charge is 0.469 e. The summed E-state index contributed by atoms with van der Waals surface area (Å²) in [6.07, 6.45) is 5.70. The highest BCUT2D eigenvalue weighted by Gasteiger charge is 2.11. The third-order valence-corrected chi connectivity index (χ3v) is 2.49. The minimum absolute atomic E-state index is 0.326. The number of hydrogen-bond acceptors (Lipinski definition) is 3. The molecule has 2 N–H and O–H groups in total. The van der Waals surface area contributed by atoms with Crippen LogP contribution in [-0.4, -0.2) is 4.98 Å². The van der Waals surface area contributed by atoms with Crippen molar-refractivity contribution in [2.24, 2.45) is 5.73 Å². The molecule has 0 fully saturated rings. The maximum atomic E-state index is 13.3. The molecule has 0 spiro atoms. The predicted molar refractivity (Wildman–Crippen MR) is 58.2 cm³/mol. The van der Waals surface area contributed by atoms with E-state index in [1.54, 1.807) is 18.5 Å². The number of rotatable bonds is 4. The molecule has 84 valence electrons. The summed E-state index contributed by atoms with van der Waals surface area (Å²) in [4.78, 5) is 3.69. The van der Waals surface area contributed by atoms with Crippen molar-refractivity contribution >= 4 is 0 Å². The fraction of sp³-hybridized carbons (Fsp3) is 0.250. The van der Waals surface area contributed by atoms with Gasteiger partial charge in [-0.2, -0.15) is 0 Å². The number of pyridine rings is 1. The fourth-order valence-electron chi connectivity index (χ4n) is 1.59. The van der Waals surface area contributed by atoms with E-state index in [4.69, 9.17) is 10.2 Å². The van der Waals surface area contributed by atoms with Crippen molar-refractivity contribution in [1.29, 1.82) is 0 Å². The molecule has 0 radical (unpaired) electrons. The molecule has 16 heavy (non-hydrogen) atoms. The van der Waals surface area contributed by atoms with Crippen LogP contribution in [0.1, 0.15) is 23.8 Å². The number of furan rings is 1. The van der Waals surface area contributed by atoms with Gasteiger partial charge in [-0.05, 0) is 24.6 Å². The molecule has 3 nitrogen and oxygen atoms in total. The van der Waals surface area contributed by atoms with Gasteiger partial charge in [0, 0.05) is 24.2 Å². The van der Waals surface area contributed by atoms with Crippen LogP contribution in [0, 0.1) is 5.82 Å². The van der Waals surface area contributed by atoms with Crippen LogP contribution in [0.25, 0.3) is 0 Å². The third-order valence-electron chi connectivity index (χ3n) is 2.49. The maximum absolute atomic E-state index is 13.3. The quantitative estimate of drug-likeness (QED) is 0.861. The van der Waals surface area contributed by atoms with Crippen LogP contribution >= 0.6 is 0 Å². The van der Waals surface area contributed by atoms with Crippen molar-refractivity contribution in [3.05, 3.63) is 54.0 Å². The van der Waals surface area contributed by atoms with Gasteiger partial charge in [-0.25, -0.2) is 4.39 Å². The zero-order valence-corrected chi connectivity index (χ0v) is 8.77. The smallest absolute Gasteiger partial charge is 0.146 e. The molecule has 1 atom stereocenters. The highest BCUT2D eigenvalue weighted by molar-refractivity contribution is 5.17. The molecule has 0 saturated carbocycles. The topological polar surface area (TPSA) is 52.0 Å². The maximum Gasteiger partial charge on any atom is 0.146 e. The van der Waals surface area contributed by atoms with Gasteiger partial charge in [0.25, 0.3) is 0 Å². The third kappa shape index (κ3) is 2.46. The molecule has 0 aliphatic heterocycles. The van der Waals surface area contributed by atoms with Gasteiger partial charge in [-0.3, -0.25) is 4.98 Å². The Hall–Kier alpha value is -1.68. The Bertz CT molecular complexity index is 442. The lowest BCUT2D eigenvalue weighted by atomic mass is 10.0. The minimum Gasteiger partial charge on any atom is -0.469 e. The van der Waals surface area contributed by atoms with Gasteiger partial charge in [0.15, 0.2) is 0 Å². The Labute approximate surface area is 93.1 Å². The number of nitrogens with zero attached hydrogens (tertiary/aromatic N) is 1. The molecule has 0 amide bonds. The number of nitrogens with two attached hydrogens (primary N) is 1. The molecule has 0 aromatic carbocycles. The van der Waals surface area contributed by atoms with E-state index in [9.17, 15) is 4.39 Å². The van der Waals surface area contributed by atoms with E-state index in [0.29, 0.717) is 18.4 Å². The van der Waals surface area contributed by atoms with E-state index in [2.05, 4.69) is 4.98 Å². The summed E-state index contributed by atoms with van der Waals surface area (Å²) < 4.78 is 18.5. The van der Waals surface area contributed by atoms with E-state index in [1.165, 1.54) is 6.20 Å². The van der Waals surface area contributed by atoms with E-state index < -0.39 is 0 Å². The second-order valence-electron chi connectivity index (χ2n) is 3.62. The molecule has 1 unspecified atom stereocenters. The molecular weight excluding hydrogens is 207 g/mol. The lowest BCUT2D eigenvalue weighted by molar-refractivity contribution is 0.482. The minimum atomic E-state index is -0.352. The lowest BCUT2D eigenvalue weighted by Crippen LogP contribution is -2.13. The monoisotopic (exact) mass is 220 g/mol. The molecule has 0 bridgehead atoms. The predicted octanol–water partition coefficient (Wildman–Crippen LogP) is 2.45. The molecule has 0 saturated heterocycles. The lowest BCUT2D eigenvalue weighted by Gasteiger charge is -2.11. The van der Waals surface area contributed by atoms with Gasteiger partial charge in [-0.1, -0.05) is 0 Å². The summed E-state index contributed by atoms with van der Waals surface area (Å²) in [5, 5.41) is 0. The number of hydrogen-bond donors (Lipinski definition) is 1. The SMILES string of the molecule is NC(CCc1ccco1)c1ccncc1F. The van der Waals surface area contributed by atoms with Crippen LogP contribution < -0.4 is 5.73 Å². The van der Waals surface area contributed by atoms with Crippen molar-refractivity contribution in [2.75, 3.05) is 0 Å². The van der Waals surface area contributed by atoms with Gasteiger partial charge in [0.05, 0.1) is 12.5 Å². The number of aryl methyl sites for hydroxylation is 1. The summed E-state index contributed by atoms with van der Waals surface area (Å²) >= 11 is 0. The molecule has 2 aromatic rings. The molecule has 0 aliphatic rings. The first-order valence-electron chi connectivity index (χ1n) is 5.15. The molecule has 2 rings (SSSR count).